The van der Waals surface area contributed by atoms with Gasteiger partial charge in [-0.25, -0.2) is 13.8 Å². The van der Waals surface area contributed by atoms with Crippen molar-refractivity contribution in [2.24, 2.45) is 5.73 Å². The van der Waals surface area contributed by atoms with E-state index in [1.54, 1.807) is 0 Å². The summed E-state index contributed by atoms with van der Waals surface area (Å²) in [6, 6.07) is 3.01. The van der Waals surface area contributed by atoms with Crippen LogP contribution in [0.2, 0.25) is 5.02 Å². The van der Waals surface area contributed by atoms with E-state index < -0.39 is 52.4 Å². The van der Waals surface area contributed by atoms with Crippen LogP contribution in [0.4, 0.5) is 22.0 Å². The number of benzene rings is 2. The number of fused-ring (bicyclic) bond motifs is 3. The molecule has 1 aliphatic rings. The molecule has 0 fully saturated rings. The fraction of sp³-hybridized carbons (Fsp3) is 0.0870. The summed E-state index contributed by atoms with van der Waals surface area (Å²) in [6.45, 7) is 0. The number of amides is 2. The SMILES string of the molecule is NC(=O)c1cc(C(F)(F)F)cc(F)c1-c1cn2cncc2c2c1C(c1cc(F)ccc1Cl)NC2=O. The van der Waals surface area contributed by atoms with E-state index in [1.165, 1.54) is 29.2 Å². The quantitative estimate of drug-likeness (QED) is 0.388. The molecule has 2 amide bonds. The minimum atomic E-state index is -4.95. The van der Waals surface area contributed by atoms with Gasteiger partial charge in [-0.3, -0.25) is 9.59 Å². The van der Waals surface area contributed by atoms with Gasteiger partial charge in [-0.2, -0.15) is 13.2 Å². The van der Waals surface area contributed by atoms with Gasteiger partial charge >= 0.3 is 6.18 Å². The lowest BCUT2D eigenvalue weighted by atomic mass is 9.88. The van der Waals surface area contributed by atoms with Gasteiger partial charge in [-0.05, 0) is 30.3 Å². The molecule has 178 valence electrons. The monoisotopic (exact) mass is 506 g/mol. The number of aromatic nitrogens is 2. The van der Waals surface area contributed by atoms with Crippen LogP contribution in [0.25, 0.3) is 16.6 Å². The zero-order valence-electron chi connectivity index (χ0n) is 17.3. The Balaban J connectivity index is 1.89. The molecule has 35 heavy (non-hydrogen) atoms. The Morgan fingerprint density at radius 1 is 1.14 bits per heavy atom. The van der Waals surface area contributed by atoms with E-state index in [0.717, 1.165) is 12.1 Å². The number of rotatable bonds is 3. The van der Waals surface area contributed by atoms with Gasteiger partial charge in [0.05, 0.1) is 40.8 Å². The first-order valence-corrected chi connectivity index (χ1v) is 10.3. The smallest absolute Gasteiger partial charge is 0.366 e. The molecule has 3 N–H and O–H groups in total. The van der Waals surface area contributed by atoms with Crippen LogP contribution >= 0.6 is 11.6 Å². The van der Waals surface area contributed by atoms with E-state index >= 15 is 4.39 Å². The topological polar surface area (TPSA) is 89.5 Å². The lowest BCUT2D eigenvalue weighted by Gasteiger charge is -2.20. The number of halogens is 6. The first kappa shape index (κ1) is 22.8. The van der Waals surface area contributed by atoms with E-state index in [4.69, 9.17) is 17.3 Å². The summed E-state index contributed by atoms with van der Waals surface area (Å²) in [4.78, 5) is 29.1. The number of nitrogens with one attached hydrogen (secondary N) is 1. The Bertz CT molecular complexity index is 1560. The number of carbonyl (C=O) groups is 2. The van der Waals surface area contributed by atoms with Crippen LogP contribution in [0.15, 0.2) is 49.1 Å². The van der Waals surface area contributed by atoms with E-state index in [0.29, 0.717) is 11.6 Å². The number of hydrogen-bond donors (Lipinski definition) is 2. The van der Waals surface area contributed by atoms with Crippen molar-refractivity contribution in [1.29, 1.82) is 0 Å². The molecule has 4 aromatic rings. The number of pyridine rings is 1. The van der Waals surface area contributed by atoms with Gasteiger partial charge in [0, 0.05) is 33.5 Å². The molecule has 0 radical (unpaired) electrons. The normalized spacial score (nSPS) is 15.4. The maximum Gasteiger partial charge on any atom is 0.416 e. The lowest BCUT2D eigenvalue weighted by Crippen LogP contribution is -2.21. The Morgan fingerprint density at radius 2 is 1.89 bits per heavy atom. The first-order valence-electron chi connectivity index (χ1n) is 9.92. The van der Waals surface area contributed by atoms with Crippen molar-refractivity contribution < 1.29 is 31.5 Å². The van der Waals surface area contributed by atoms with Gasteiger partial charge in [0.2, 0.25) is 5.91 Å². The molecular formula is C23H12ClF5N4O2. The molecule has 0 aliphatic carbocycles. The van der Waals surface area contributed by atoms with Crippen molar-refractivity contribution in [3.8, 4) is 11.1 Å². The number of nitrogens with zero attached hydrogens (tertiary/aromatic N) is 2. The van der Waals surface area contributed by atoms with Crippen molar-refractivity contribution in [2.75, 3.05) is 0 Å². The molecule has 1 atom stereocenters. The zero-order chi connectivity index (χ0) is 25.2. The highest BCUT2D eigenvalue weighted by atomic mass is 35.5. The molecule has 0 bridgehead atoms. The van der Waals surface area contributed by atoms with E-state index in [-0.39, 0.29) is 33.3 Å². The van der Waals surface area contributed by atoms with Gasteiger partial charge in [0.1, 0.15) is 11.6 Å². The molecule has 5 rings (SSSR count). The Kier molecular flexibility index (Phi) is 5.06. The fourth-order valence-corrected chi connectivity index (χ4v) is 4.53. The molecule has 1 aliphatic heterocycles. The molecule has 6 nitrogen and oxygen atoms in total. The first-order chi connectivity index (χ1) is 16.5. The van der Waals surface area contributed by atoms with Crippen LogP contribution in [-0.4, -0.2) is 21.2 Å². The Labute approximate surface area is 198 Å². The zero-order valence-corrected chi connectivity index (χ0v) is 18.0. The fourth-order valence-electron chi connectivity index (χ4n) is 4.30. The van der Waals surface area contributed by atoms with Crippen molar-refractivity contribution >= 4 is 28.9 Å². The van der Waals surface area contributed by atoms with E-state index in [2.05, 4.69) is 10.3 Å². The van der Waals surface area contributed by atoms with E-state index in [1.807, 2.05) is 0 Å². The summed E-state index contributed by atoms with van der Waals surface area (Å²) in [5, 5.41) is 2.73. The maximum atomic E-state index is 15.3. The van der Waals surface area contributed by atoms with Crippen molar-refractivity contribution in [2.45, 2.75) is 12.2 Å². The molecule has 0 saturated carbocycles. The second kappa shape index (κ2) is 7.77. The molecule has 2 aromatic heterocycles. The molecule has 2 aromatic carbocycles. The third-order valence-corrected chi connectivity index (χ3v) is 6.11. The second-order valence-corrected chi connectivity index (χ2v) is 8.24. The molecular weight excluding hydrogens is 495 g/mol. The predicted molar refractivity (Wildman–Crippen MR) is 115 cm³/mol. The number of carbonyl (C=O) groups excluding carboxylic acids is 2. The number of hydrogen-bond acceptors (Lipinski definition) is 3. The highest BCUT2D eigenvalue weighted by molar-refractivity contribution is 6.31. The third-order valence-electron chi connectivity index (χ3n) is 5.76. The minimum absolute atomic E-state index is 0.0139. The molecule has 0 spiro atoms. The molecule has 3 heterocycles. The number of alkyl halides is 3. The van der Waals surface area contributed by atoms with Gasteiger partial charge in [0.25, 0.3) is 5.91 Å². The summed E-state index contributed by atoms with van der Waals surface area (Å²) < 4.78 is 70.7. The van der Waals surface area contributed by atoms with Crippen LogP contribution in [-0.2, 0) is 6.18 Å². The number of imidazole rings is 1. The Hall–Kier alpha value is -3.99. The van der Waals surface area contributed by atoms with Crippen LogP contribution in [0, 0.1) is 11.6 Å². The van der Waals surface area contributed by atoms with Gasteiger partial charge < -0.3 is 15.5 Å². The van der Waals surface area contributed by atoms with Gasteiger partial charge in [-0.1, -0.05) is 11.6 Å². The summed E-state index contributed by atoms with van der Waals surface area (Å²) in [5.74, 6) is -4.01. The minimum Gasteiger partial charge on any atom is -0.366 e. The third kappa shape index (κ3) is 3.59. The largest absolute Gasteiger partial charge is 0.416 e. The lowest BCUT2D eigenvalue weighted by molar-refractivity contribution is -0.137. The number of primary amides is 1. The average Bonchev–Trinajstić information content (AvgIpc) is 3.38. The van der Waals surface area contributed by atoms with Crippen LogP contribution in [0.3, 0.4) is 0 Å². The summed E-state index contributed by atoms with van der Waals surface area (Å²) >= 11 is 6.26. The van der Waals surface area contributed by atoms with Crippen LogP contribution in [0.1, 0.15) is 43.4 Å². The molecule has 12 heteroatoms. The summed E-state index contributed by atoms with van der Waals surface area (Å²) in [6.07, 6.45) is -0.995. The maximum absolute atomic E-state index is 15.3. The molecule has 0 saturated heterocycles. The van der Waals surface area contributed by atoms with Gasteiger partial charge in [-0.15, -0.1) is 0 Å². The number of nitrogens with two attached hydrogens (primary N) is 1. The predicted octanol–water partition coefficient (Wildman–Crippen LogP) is 4.88. The van der Waals surface area contributed by atoms with Crippen molar-refractivity contribution in [1.82, 2.24) is 14.7 Å². The second-order valence-electron chi connectivity index (χ2n) is 7.83. The summed E-state index contributed by atoms with van der Waals surface area (Å²) in [7, 11) is 0. The van der Waals surface area contributed by atoms with Gasteiger partial charge in [0.15, 0.2) is 0 Å². The van der Waals surface area contributed by atoms with Crippen molar-refractivity contribution in [3.63, 3.8) is 0 Å². The summed E-state index contributed by atoms with van der Waals surface area (Å²) in [5.41, 5.74) is 3.03. The van der Waals surface area contributed by atoms with Crippen LogP contribution < -0.4 is 11.1 Å². The molecule has 1 unspecified atom stereocenters. The standard InChI is InChI=1S/C23H12ClF5N4O2/c24-14-2-1-10(25)5-11(14)20-18-13(7-33-8-31-6-16(33)19(18)22(35)32-20)17-12(21(30)34)3-9(4-15(17)26)23(27,28)29/h1-8,20H,(H2,30,34)(H,32,35). The Morgan fingerprint density at radius 3 is 2.57 bits per heavy atom. The highest BCUT2D eigenvalue weighted by Gasteiger charge is 2.39. The average molecular weight is 507 g/mol. The van der Waals surface area contributed by atoms with Crippen molar-refractivity contribution in [3.05, 3.63) is 93.5 Å². The van der Waals surface area contributed by atoms with E-state index in [9.17, 15) is 27.2 Å². The van der Waals surface area contributed by atoms with Crippen LogP contribution in [0.5, 0.6) is 0 Å². The highest BCUT2D eigenvalue weighted by Crippen LogP contribution is 2.44.